The van der Waals surface area contributed by atoms with Crippen molar-refractivity contribution in [1.29, 1.82) is 0 Å². The minimum Gasteiger partial charge on any atom is -0.481 e. The van der Waals surface area contributed by atoms with E-state index in [1.54, 1.807) is 0 Å². The number of rotatable bonds is 4. The Kier molecular flexibility index (Phi) is 3.78. The van der Waals surface area contributed by atoms with Gasteiger partial charge in [-0.15, -0.1) is 0 Å². The molecule has 0 bridgehead atoms. The predicted molar refractivity (Wildman–Crippen MR) is 57.1 cm³/mol. The molecule has 1 spiro atoms. The van der Waals surface area contributed by atoms with Gasteiger partial charge in [0.15, 0.2) is 5.79 Å². The summed E-state index contributed by atoms with van der Waals surface area (Å²) in [6.07, 6.45) is 4.02. The molecule has 1 saturated carbocycles. The fraction of sp³-hybridized carbons (Fsp3) is 0.909. The Balaban J connectivity index is 1.67. The third-order valence-electron chi connectivity index (χ3n) is 3.33. The summed E-state index contributed by atoms with van der Waals surface area (Å²) in [6, 6.07) is 0.415. The highest BCUT2D eigenvalue weighted by Gasteiger charge is 2.39. The molecular formula is C11H19NO4. The lowest BCUT2D eigenvalue weighted by molar-refractivity contribution is -0.179. The highest BCUT2D eigenvalue weighted by Crippen LogP contribution is 2.35. The predicted octanol–water partition coefficient (Wildman–Crippen LogP) is 0.736. The van der Waals surface area contributed by atoms with E-state index in [9.17, 15) is 4.79 Å². The van der Waals surface area contributed by atoms with Crippen LogP contribution in [0.25, 0.3) is 0 Å². The van der Waals surface area contributed by atoms with Crippen molar-refractivity contribution in [2.75, 3.05) is 19.8 Å². The molecule has 1 heterocycles. The molecule has 1 aliphatic heterocycles. The summed E-state index contributed by atoms with van der Waals surface area (Å²) in [5.41, 5.74) is 0. The summed E-state index contributed by atoms with van der Waals surface area (Å²) >= 11 is 0. The zero-order valence-electron chi connectivity index (χ0n) is 9.41. The summed E-state index contributed by atoms with van der Waals surface area (Å²) in [6.45, 7) is 1.96. The highest BCUT2D eigenvalue weighted by atomic mass is 16.7. The number of carboxylic acids is 1. The molecule has 5 heteroatoms. The fourth-order valence-corrected chi connectivity index (χ4v) is 2.43. The number of carboxylic acid groups (broad SMARTS) is 1. The minimum absolute atomic E-state index is 0.189. The zero-order valence-corrected chi connectivity index (χ0v) is 9.41. The van der Waals surface area contributed by atoms with Crippen LogP contribution in [0, 0.1) is 0 Å². The Hall–Kier alpha value is -0.650. The van der Waals surface area contributed by atoms with Gasteiger partial charge in [0.2, 0.25) is 0 Å². The number of aliphatic carboxylic acids is 1. The van der Waals surface area contributed by atoms with E-state index in [2.05, 4.69) is 5.32 Å². The van der Waals surface area contributed by atoms with Gasteiger partial charge in [-0.3, -0.25) is 4.79 Å². The van der Waals surface area contributed by atoms with E-state index in [1.165, 1.54) is 0 Å². The van der Waals surface area contributed by atoms with Crippen molar-refractivity contribution < 1.29 is 19.4 Å². The first-order valence-corrected chi connectivity index (χ1v) is 5.93. The van der Waals surface area contributed by atoms with E-state index in [0.717, 1.165) is 25.7 Å². The SMILES string of the molecule is O=C(O)CCNC1CCC2(CC1)OCCO2. The Morgan fingerprint density at radius 2 is 1.94 bits per heavy atom. The quantitative estimate of drug-likeness (QED) is 0.744. The van der Waals surface area contributed by atoms with Crippen LogP contribution in [0.2, 0.25) is 0 Å². The maximum atomic E-state index is 10.4. The minimum atomic E-state index is -0.748. The van der Waals surface area contributed by atoms with E-state index >= 15 is 0 Å². The zero-order chi connectivity index (χ0) is 11.4. The van der Waals surface area contributed by atoms with E-state index < -0.39 is 5.97 Å². The second-order valence-electron chi connectivity index (χ2n) is 4.48. The molecular weight excluding hydrogens is 210 g/mol. The Labute approximate surface area is 95.1 Å². The van der Waals surface area contributed by atoms with Crippen molar-refractivity contribution in [2.24, 2.45) is 0 Å². The van der Waals surface area contributed by atoms with E-state index in [0.29, 0.717) is 25.8 Å². The van der Waals surface area contributed by atoms with E-state index in [-0.39, 0.29) is 12.2 Å². The topological polar surface area (TPSA) is 67.8 Å². The van der Waals surface area contributed by atoms with E-state index in [4.69, 9.17) is 14.6 Å². The average molecular weight is 229 g/mol. The largest absolute Gasteiger partial charge is 0.481 e. The molecule has 0 aromatic carbocycles. The Morgan fingerprint density at radius 1 is 1.31 bits per heavy atom. The van der Waals surface area contributed by atoms with Gasteiger partial charge in [0.05, 0.1) is 19.6 Å². The van der Waals surface area contributed by atoms with Crippen LogP contribution in [0.15, 0.2) is 0 Å². The second-order valence-corrected chi connectivity index (χ2v) is 4.48. The van der Waals surface area contributed by atoms with Crippen molar-refractivity contribution in [3.05, 3.63) is 0 Å². The first kappa shape index (κ1) is 11.8. The van der Waals surface area contributed by atoms with Crippen LogP contribution in [0.3, 0.4) is 0 Å². The van der Waals surface area contributed by atoms with Crippen LogP contribution in [0.1, 0.15) is 32.1 Å². The Bertz CT molecular complexity index is 240. The monoisotopic (exact) mass is 229 g/mol. The smallest absolute Gasteiger partial charge is 0.304 e. The molecule has 2 rings (SSSR count). The van der Waals surface area contributed by atoms with Crippen molar-refractivity contribution in [1.82, 2.24) is 5.32 Å². The fourth-order valence-electron chi connectivity index (χ4n) is 2.43. The van der Waals surface area contributed by atoms with Crippen molar-refractivity contribution in [3.8, 4) is 0 Å². The normalized spacial score (nSPS) is 25.0. The molecule has 0 aromatic heterocycles. The third kappa shape index (κ3) is 2.93. The maximum Gasteiger partial charge on any atom is 0.304 e. The maximum absolute atomic E-state index is 10.4. The lowest BCUT2D eigenvalue weighted by Gasteiger charge is -2.35. The van der Waals surface area contributed by atoms with Gasteiger partial charge in [-0.05, 0) is 12.8 Å². The molecule has 16 heavy (non-hydrogen) atoms. The summed E-state index contributed by atoms with van der Waals surface area (Å²) in [5, 5.41) is 11.8. The third-order valence-corrected chi connectivity index (χ3v) is 3.33. The van der Waals surface area contributed by atoms with Crippen LogP contribution in [0.4, 0.5) is 0 Å². The molecule has 0 unspecified atom stereocenters. The molecule has 0 amide bonds. The number of ether oxygens (including phenoxy) is 2. The number of hydrogen-bond acceptors (Lipinski definition) is 4. The van der Waals surface area contributed by atoms with Crippen LogP contribution >= 0.6 is 0 Å². The number of carbonyl (C=O) groups is 1. The molecule has 92 valence electrons. The van der Waals surface area contributed by atoms with Gasteiger partial charge in [0.25, 0.3) is 0 Å². The molecule has 5 nitrogen and oxygen atoms in total. The summed E-state index contributed by atoms with van der Waals surface area (Å²) in [4.78, 5) is 10.4. The molecule has 1 aliphatic carbocycles. The van der Waals surface area contributed by atoms with Crippen molar-refractivity contribution in [3.63, 3.8) is 0 Å². The summed E-state index contributed by atoms with van der Waals surface area (Å²) in [5.74, 6) is -1.06. The first-order valence-electron chi connectivity index (χ1n) is 5.93. The van der Waals surface area contributed by atoms with Crippen molar-refractivity contribution >= 4 is 5.97 Å². The number of hydrogen-bond donors (Lipinski definition) is 2. The van der Waals surface area contributed by atoms with E-state index in [1.807, 2.05) is 0 Å². The van der Waals surface area contributed by atoms with Crippen LogP contribution in [-0.2, 0) is 14.3 Å². The number of nitrogens with one attached hydrogen (secondary N) is 1. The van der Waals surface area contributed by atoms with Gasteiger partial charge in [-0.2, -0.15) is 0 Å². The highest BCUT2D eigenvalue weighted by molar-refractivity contribution is 5.66. The molecule has 1 saturated heterocycles. The first-order chi connectivity index (χ1) is 7.70. The van der Waals surface area contributed by atoms with Crippen LogP contribution < -0.4 is 5.32 Å². The molecule has 2 aliphatic rings. The van der Waals surface area contributed by atoms with Gasteiger partial charge in [0, 0.05) is 25.4 Å². The Morgan fingerprint density at radius 3 is 2.50 bits per heavy atom. The van der Waals surface area contributed by atoms with Crippen molar-refractivity contribution in [2.45, 2.75) is 43.9 Å². The molecule has 0 atom stereocenters. The van der Waals surface area contributed by atoms with Gasteiger partial charge >= 0.3 is 5.97 Å². The van der Waals surface area contributed by atoms with Gasteiger partial charge < -0.3 is 19.9 Å². The lowest BCUT2D eigenvalue weighted by Crippen LogP contribution is -2.42. The molecule has 2 fully saturated rings. The lowest BCUT2D eigenvalue weighted by atomic mass is 9.90. The van der Waals surface area contributed by atoms with Gasteiger partial charge in [0.1, 0.15) is 0 Å². The molecule has 2 N–H and O–H groups in total. The summed E-state index contributed by atoms with van der Waals surface area (Å²) in [7, 11) is 0. The molecule has 0 radical (unpaired) electrons. The van der Waals surface area contributed by atoms with Crippen LogP contribution in [-0.4, -0.2) is 42.7 Å². The van der Waals surface area contributed by atoms with Crippen LogP contribution in [0.5, 0.6) is 0 Å². The van der Waals surface area contributed by atoms with Gasteiger partial charge in [-0.1, -0.05) is 0 Å². The van der Waals surface area contributed by atoms with Gasteiger partial charge in [-0.25, -0.2) is 0 Å². The summed E-state index contributed by atoms with van der Waals surface area (Å²) < 4.78 is 11.3. The average Bonchev–Trinajstić information content (AvgIpc) is 2.70. The standard InChI is InChI=1S/C11H19NO4/c13-10(14)3-6-12-9-1-4-11(5-2-9)15-7-8-16-11/h9,12H,1-8H2,(H,13,14). The molecule has 0 aromatic rings. The second kappa shape index (κ2) is 5.12.